The third kappa shape index (κ3) is 2.63. The SMILES string of the molecule is O=C(c1ccc2ccc(F)cc2n1)N1CCCNCC1. The monoisotopic (exact) mass is 273 g/mol. The zero-order valence-electron chi connectivity index (χ0n) is 11.1. The quantitative estimate of drug-likeness (QED) is 0.862. The summed E-state index contributed by atoms with van der Waals surface area (Å²) in [4.78, 5) is 18.5. The summed E-state index contributed by atoms with van der Waals surface area (Å²) >= 11 is 0. The minimum Gasteiger partial charge on any atom is -0.336 e. The number of aromatic nitrogens is 1. The van der Waals surface area contributed by atoms with E-state index in [1.54, 1.807) is 17.0 Å². The summed E-state index contributed by atoms with van der Waals surface area (Å²) in [5, 5.41) is 4.09. The maximum atomic E-state index is 13.2. The van der Waals surface area contributed by atoms with Gasteiger partial charge in [0.25, 0.3) is 5.91 Å². The Labute approximate surface area is 116 Å². The van der Waals surface area contributed by atoms with E-state index in [0.717, 1.165) is 31.4 Å². The Hall–Kier alpha value is -2.01. The molecule has 0 radical (unpaired) electrons. The van der Waals surface area contributed by atoms with Crippen molar-refractivity contribution >= 4 is 16.8 Å². The number of fused-ring (bicyclic) bond motifs is 1. The third-order valence-electron chi connectivity index (χ3n) is 3.50. The Morgan fingerprint density at radius 2 is 2.05 bits per heavy atom. The molecule has 3 rings (SSSR count). The molecule has 20 heavy (non-hydrogen) atoms. The van der Waals surface area contributed by atoms with Gasteiger partial charge in [-0.1, -0.05) is 6.07 Å². The zero-order chi connectivity index (χ0) is 13.9. The van der Waals surface area contributed by atoms with Gasteiger partial charge in [0.05, 0.1) is 5.52 Å². The molecule has 2 aromatic rings. The van der Waals surface area contributed by atoms with Gasteiger partial charge in [-0.05, 0) is 31.2 Å². The van der Waals surface area contributed by atoms with E-state index in [1.165, 1.54) is 12.1 Å². The highest BCUT2D eigenvalue weighted by Gasteiger charge is 2.18. The van der Waals surface area contributed by atoms with Crippen molar-refractivity contribution in [1.82, 2.24) is 15.2 Å². The largest absolute Gasteiger partial charge is 0.336 e. The summed E-state index contributed by atoms with van der Waals surface area (Å²) in [7, 11) is 0. The van der Waals surface area contributed by atoms with Crippen LogP contribution in [0.1, 0.15) is 16.9 Å². The van der Waals surface area contributed by atoms with Gasteiger partial charge in [0.1, 0.15) is 11.5 Å². The van der Waals surface area contributed by atoms with Gasteiger partial charge in [0.2, 0.25) is 0 Å². The highest BCUT2D eigenvalue weighted by Crippen LogP contribution is 2.15. The molecular formula is C15H16FN3O. The van der Waals surface area contributed by atoms with Crippen LogP contribution in [-0.4, -0.2) is 42.0 Å². The number of hydrogen-bond donors (Lipinski definition) is 1. The molecule has 1 N–H and O–H groups in total. The Bertz CT molecular complexity index is 636. The van der Waals surface area contributed by atoms with E-state index in [1.807, 2.05) is 6.07 Å². The summed E-state index contributed by atoms with van der Waals surface area (Å²) < 4.78 is 13.2. The van der Waals surface area contributed by atoms with Crippen LogP contribution in [0.2, 0.25) is 0 Å². The molecule has 2 heterocycles. The second-order valence-corrected chi connectivity index (χ2v) is 4.93. The van der Waals surface area contributed by atoms with Gasteiger partial charge in [-0.25, -0.2) is 9.37 Å². The highest BCUT2D eigenvalue weighted by molar-refractivity contribution is 5.94. The molecule has 0 unspecified atom stereocenters. The number of carbonyl (C=O) groups excluding carboxylic acids is 1. The minimum atomic E-state index is -0.339. The van der Waals surface area contributed by atoms with Gasteiger partial charge >= 0.3 is 0 Å². The van der Waals surface area contributed by atoms with Crippen LogP contribution < -0.4 is 5.32 Å². The van der Waals surface area contributed by atoms with E-state index in [0.29, 0.717) is 17.8 Å². The highest BCUT2D eigenvalue weighted by atomic mass is 19.1. The first-order chi connectivity index (χ1) is 9.74. The van der Waals surface area contributed by atoms with Gasteiger partial charge < -0.3 is 10.2 Å². The number of rotatable bonds is 1. The lowest BCUT2D eigenvalue weighted by Gasteiger charge is -2.19. The topological polar surface area (TPSA) is 45.2 Å². The van der Waals surface area contributed by atoms with E-state index >= 15 is 0 Å². The Kier molecular flexibility index (Phi) is 3.60. The molecule has 1 aromatic heterocycles. The number of benzene rings is 1. The van der Waals surface area contributed by atoms with Crippen molar-refractivity contribution in [3.63, 3.8) is 0 Å². The second kappa shape index (κ2) is 5.54. The van der Waals surface area contributed by atoms with Gasteiger partial charge in [-0.2, -0.15) is 0 Å². The molecule has 1 aliphatic heterocycles. The number of hydrogen-bond acceptors (Lipinski definition) is 3. The van der Waals surface area contributed by atoms with E-state index in [4.69, 9.17) is 0 Å². The molecule has 1 fully saturated rings. The molecule has 1 amide bonds. The van der Waals surface area contributed by atoms with Crippen LogP contribution >= 0.6 is 0 Å². The molecule has 104 valence electrons. The smallest absolute Gasteiger partial charge is 0.272 e. The minimum absolute atomic E-state index is 0.0835. The molecule has 0 aliphatic carbocycles. The average Bonchev–Trinajstić information content (AvgIpc) is 2.74. The van der Waals surface area contributed by atoms with Crippen molar-refractivity contribution < 1.29 is 9.18 Å². The van der Waals surface area contributed by atoms with Crippen molar-refractivity contribution in [1.29, 1.82) is 0 Å². The number of carbonyl (C=O) groups is 1. The van der Waals surface area contributed by atoms with E-state index in [2.05, 4.69) is 10.3 Å². The number of pyridine rings is 1. The molecule has 0 spiro atoms. The second-order valence-electron chi connectivity index (χ2n) is 4.93. The predicted molar refractivity (Wildman–Crippen MR) is 75.1 cm³/mol. The van der Waals surface area contributed by atoms with Gasteiger partial charge in [0, 0.05) is 31.1 Å². The van der Waals surface area contributed by atoms with Crippen molar-refractivity contribution in [2.45, 2.75) is 6.42 Å². The maximum Gasteiger partial charge on any atom is 0.272 e. The van der Waals surface area contributed by atoms with Gasteiger partial charge in [-0.3, -0.25) is 4.79 Å². The van der Waals surface area contributed by atoms with Crippen LogP contribution in [0.3, 0.4) is 0 Å². The summed E-state index contributed by atoms with van der Waals surface area (Å²) in [6.45, 7) is 3.14. The number of amides is 1. The predicted octanol–water partition coefficient (Wildman–Crippen LogP) is 1.81. The molecule has 0 bridgehead atoms. The van der Waals surface area contributed by atoms with E-state index < -0.39 is 0 Å². The molecule has 1 aromatic carbocycles. The molecule has 5 heteroatoms. The standard InChI is InChI=1S/C15H16FN3O/c16-12-4-2-11-3-5-13(18-14(11)10-12)15(20)19-8-1-6-17-7-9-19/h2-5,10,17H,1,6-9H2. The van der Waals surface area contributed by atoms with Crippen molar-refractivity contribution in [2.75, 3.05) is 26.2 Å². The van der Waals surface area contributed by atoms with E-state index in [-0.39, 0.29) is 11.7 Å². The zero-order valence-corrected chi connectivity index (χ0v) is 11.1. The van der Waals surface area contributed by atoms with E-state index in [9.17, 15) is 9.18 Å². The van der Waals surface area contributed by atoms with Crippen LogP contribution in [-0.2, 0) is 0 Å². The van der Waals surface area contributed by atoms with Crippen LogP contribution in [0.15, 0.2) is 30.3 Å². The Balaban J connectivity index is 1.90. The fourth-order valence-corrected chi connectivity index (χ4v) is 2.42. The van der Waals surface area contributed by atoms with Crippen LogP contribution in [0.4, 0.5) is 4.39 Å². The first kappa shape index (κ1) is 13.0. The Morgan fingerprint density at radius 3 is 2.95 bits per heavy atom. The fraction of sp³-hybridized carbons (Fsp3) is 0.333. The normalized spacial score (nSPS) is 16.1. The molecule has 1 aliphatic rings. The van der Waals surface area contributed by atoms with Crippen LogP contribution in [0, 0.1) is 5.82 Å². The summed E-state index contributed by atoms with van der Waals surface area (Å²) in [6, 6.07) is 7.94. The van der Waals surface area contributed by atoms with Crippen LogP contribution in [0.5, 0.6) is 0 Å². The third-order valence-corrected chi connectivity index (χ3v) is 3.50. The molecule has 0 saturated carbocycles. The lowest BCUT2D eigenvalue weighted by molar-refractivity contribution is 0.0761. The molecule has 1 saturated heterocycles. The van der Waals surface area contributed by atoms with Gasteiger partial charge in [-0.15, -0.1) is 0 Å². The lowest BCUT2D eigenvalue weighted by Crippen LogP contribution is -2.34. The summed E-state index contributed by atoms with van der Waals surface area (Å²) in [6.07, 6.45) is 0.938. The van der Waals surface area contributed by atoms with Crippen molar-refractivity contribution in [2.24, 2.45) is 0 Å². The maximum absolute atomic E-state index is 13.2. The molecule has 4 nitrogen and oxygen atoms in total. The number of nitrogens with zero attached hydrogens (tertiary/aromatic N) is 2. The number of halogens is 1. The first-order valence-electron chi connectivity index (χ1n) is 6.80. The molecule has 0 atom stereocenters. The van der Waals surface area contributed by atoms with Crippen molar-refractivity contribution in [3.05, 3.63) is 41.8 Å². The Morgan fingerprint density at radius 1 is 1.20 bits per heavy atom. The van der Waals surface area contributed by atoms with Crippen LogP contribution in [0.25, 0.3) is 10.9 Å². The van der Waals surface area contributed by atoms with Gasteiger partial charge in [0.15, 0.2) is 0 Å². The lowest BCUT2D eigenvalue weighted by atomic mass is 10.2. The molecular weight excluding hydrogens is 257 g/mol. The number of nitrogens with one attached hydrogen (secondary N) is 1. The fourth-order valence-electron chi connectivity index (χ4n) is 2.42. The summed E-state index contributed by atoms with van der Waals surface area (Å²) in [5.41, 5.74) is 0.897. The van der Waals surface area contributed by atoms with Crippen molar-refractivity contribution in [3.8, 4) is 0 Å². The first-order valence-corrected chi connectivity index (χ1v) is 6.80. The average molecular weight is 273 g/mol. The summed E-state index contributed by atoms with van der Waals surface area (Å²) in [5.74, 6) is -0.423.